The maximum atomic E-state index is 13.3. The van der Waals surface area contributed by atoms with Crippen LogP contribution in [0.1, 0.15) is 20.3 Å². The maximum Gasteiger partial charge on any atom is 0.139 e. The fourth-order valence-corrected chi connectivity index (χ4v) is 2.29. The van der Waals surface area contributed by atoms with Crippen molar-refractivity contribution in [3.8, 4) is 0 Å². The summed E-state index contributed by atoms with van der Waals surface area (Å²) >= 11 is 1.39. The van der Waals surface area contributed by atoms with Crippen LogP contribution in [0.25, 0.3) is 0 Å². The van der Waals surface area contributed by atoms with Gasteiger partial charge in [0, 0.05) is 29.9 Å². The van der Waals surface area contributed by atoms with Crippen molar-refractivity contribution in [3.63, 3.8) is 0 Å². The molecule has 0 amide bonds. The van der Waals surface area contributed by atoms with Gasteiger partial charge in [-0.1, -0.05) is 0 Å². The Morgan fingerprint density at radius 1 is 1.26 bits per heavy atom. The molecule has 1 aromatic carbocycles. The van der Waals surface area contributed by atoms with Crippen LogP contribution in [0.15, 0.2) is 23.1 Å². The van der Waals surface area contributed by atoms with Crippen molar-refractivity contribution < 1.29 is 13.5 Å². The van der Waals surface area contributed by atoms with Crippen LogP contribution in [0.3, 0.4) is 0 Å². The molecular formula is C14H21F2NOS. The molecule has 0 aliphatic carbocycles. The molecule has 0 saturated carbocycles. The molecule has 19 heavy (non-hydrogen) atoms. The van der Waals surface area contributed by atoms with Crippen molar-refractivity contribution >= 4 is 11.8 Å². The third-order valence-corrected chi connectivity index (χ3v) is 3.43. The Hall–Kier alpha value is -0.650. The summed E-state index contributed by atoms with van der Waals surface area (Å²) in [5.41, 5.74) is 0. The summed E-state index contributed by atoms with van der Waals surface area (Å²) in [4.78, 5) is 0.492. The van der Waals surface area contributed by atoms with Crippen LogP contribution in [-0.4, -0.2) is 31.6 Å². The van der Waals surface area contributed by atoms with Crippen LogP contribution in [0.2, 0.25) is 0 Å². The number of hydrogen-bond donors (Lipinski definition) is 1. The molecule has 0 atom stereocenters. The lowest BCUT2D eigenvalue weighted by Gasteiger charge is -2.08. The first-order valence-electron chi connectivity index (χ1n) is 6.49. The van der Waals surface area contributed by atoms with Crippen molar-refractivity contribution in [3.05, 3.63) is 29.8 Å². The third-order valence-electron chi connectivity index (χ3n) is 2.38. The summed E-state index contributed by atoms with van der Waals surface area (Å²) in [5, 5.41) is 3.26. The highest BCUT2D eigenvalue weighted by molar-refractivity contribution is 7.99. The van der Waals surface area contributed by atoms with Crippen LogP contribution in [-0.2, 0) is 4.74 Å². The molecule has 0 unspecified atom stereocenters. The van der Waals surface area contributed by atoms with Gasteiger partial charge in [-0.05, 0) is 38.9 Å². The number of ether oxygens (including phenoxy) is 1. The molecule has 0 radical (unpaired) electrons. The molecule has 2 nitrogen and oxygen atoms in total. The van der Waals surface area contributed by atoms with Gasteiger partial charge in [0.05, 0.1) is 6.10 Å². The minimum atomic E-state index is -0.537. The highest BCUT2D eigenvalue weighted by atomic mass is 32.2. The lowest BCUT2D eigenvalue weighted by atomic mass is 10.3. The van der Waals surface area contributed by atoms with E-state index in [1.807, 2.05) is 13.8 Å². The topological polar surface area (TPSA) is 21.3 Å². The molecule has 0 aromatic heterocycles. The van der Waals surface area contributed by atoms with E-state index in [0.29, 0.717) is 4.90 Å². The van der Waals surface area contributed by atoms with Gasteiger partial charge in [0.25, 0.3) is 0 Å². The molecule has 1 N–H and O–H groups in total. The van der Waals surface area contributed by atoms with E-state index in [4.69, 9.17) is 4.74 Å². The summed E-state index contributed by atoms with van der Waals surface area (Å²) in [6.45, 7) is 6.47. The Kier molecular flexibility index (Phi) is 8.02. The zero-order valence-electron chi connectivity index (χ0n) is 11.4. The molecule has 0 aliphatic rings. The molecule has 0 fully saturated rings. The summed E-state index contributed by atoms with van der Waals surface area (Å²) in [6, 6.07) is 3.67. The average molecular weight is 289 g/mol. The fraction of sp³-hybridized carbons (Fsp3) is 0.571. The maximum absolute atomic E-state index is 13.3. The predicted octanol–water partition coefficient (Wildman–Crippen LogP) is 3.46. The second-order valence-electron chi connectivity index (χ2n) is 4.45. The summed E-state index contributed by atoms with van der Waals surface area (Å²) < 4.78 is 31.4. The number of thioether (sulfide) groups is 1. The zero-order valence-corrected chi connectivity index (χ0v) is 12.2. The van der Waals surface area contributed by atoms with E-state index in [9.17, 15) is 8.78 Å². The Balaban J connectivity index is 2.04. The minimum absolute atomic E-state index is 0.275. The van der Waals surface area contributed by atoms with Crippen molar-refractivity contribution in [1.82, 2.24) is 5.32 Å². The van der Waals surface area contributed by atoms with Gasteiger partial charge in [-0.25, -0.2) is 8.78 Å². The lowest BCUT2D eigenvalue weighted by molar-refractivity contribution is 0.0772. The van der Waals surface area contributed by atoms with E-state index >= 15 is 0 Å². The van der Waals surface area contributed by atoms with Crippen molar-refractivity contribution in [2.45, 2.75) is 31.3 Å². The molecule has 0 saturated heterocycles. The van der Waals surface area contributed by atoms with E-state index in [2.05, 4.69) is 5.32 Å². The lowest BCUT2D eigenvalue weighted by Crippen LogP contribution is -2.20. The van der Waals surface area contributed by atoms with E-state index in [0.717, 1.165) is 37.9 Å². The van der Waals surface area contributed by atoms with Crippen molar-refractivity contribution in [2.24, 2.45) is 0 Å². The highest BCUT2D eigenvalue weighted by Gasteiger charge is 2.03. The third kappa shape index (κ3) is 7.50. The second-order valence-corrected chi connectivity index (χ2v) is 5.58. The second kappa shape index (κ2) is 9.28. The van der Waals surface area contributed by atoms with Gasteiger partial charge < -0.3 is 10.1 Å². The van der Waals surface area contributed by atoms with E-state index in [-0.39, 0.29) is 6.10 Å². The Morgan fingerprint density at radius 2 is 2.05 bits per heavy atom. The van der Waals surface area contributed by atoms with Crippen LogP contribution in [0.4, 0.5) is 8.78 Å². The summed E-state index contributed by atoms with van der Waals surface area (Å²) in [5.74, 6) is -0.270. The molecule has 5 heteroatoms. The minimum Gasteiger partial charge on any atom is -0.379 e. The van der Waals surface area contributed by atoms with Crippen LogP contribution >= 0.6 is 11.8 Å². The molecule has 0 aliphatic heterocycles. The zero-order chi connectivity index (χ0) is 14.1. The van der Waals surface area contributed by atoms with E-state index in [1.165, 1.54) is 23.9 Å². The molecule has 1 aromatic rings. The molecule has 108 valence electrons. The molecule has 0 bridgehead atoms. The molecule has 0 spiro atoms. The molecule has 1 rings (SSSR count). The van der Waals surface area contributed by atoms with Gasteiger partial charge in [0.1, 0.15) is 11.6 Å². The van der Waals surface area contributed by atoms with Gasteiger partial charge in [0.15, 0.2) is 0 Å². The Labute approximate surface area is 117 Å². The highest BCUT2D eigenvalue weighted by Crippen LogP contribution is 2.21. The first kappa shape index (κ1) is 16.4. The molecular weight excluding hydrogens is 268 g/mol. The number of rotatable bonds is 9. The molecule has 0 heterocycles. The van der Waals surface area contributed by atoms with Gasteiger partial charge in [-0.2, -0.15) is 0 Å². The monoisotopic (exact) mass is 289 g/mol. The largest absolute Gasteiger partial charge is 0.379 e. The summed E-state index contributed by atoms with van der Waals surface area (Å²) in [7, 11) is 0. The van der Waals surface area contributed by atoms with E-state index in [1.54, 1.807) is 0 Å². The van der Waals surface area contributed by atoms with E-state index < -0.39 is 11.6 Å². The quantitative estimate of drug-likeness (QED) is 0.555. The average Bonchev–Trinajstić information content (AvgIpc) is 2.34. The van der Waals surface area contributed by atoms with Gasteiger partial charge >= 0.3 is 0 Å². The van der Waals surface area contributed by atoms with Gasteiger partial charge in [-0.3, -0.25) is 0 Å². The van der Waals surface area contributed by atoms with Crippen molar-refractivity contribution in [2.75, 3.05) is 25.4 Å². The normalized spacial score (nSPS) is 11.2. The predicted molar refractivity (Wildman–Crippen MR) is 75.7 cm³/mol. The van der Waals surface area contributed by atoms with Crippen LogP contribution in [0, 0.1) is 11.6 Å². The van der Waals surface area contributed by atoms with Crippen molar-refractivity contribution in [1.29, 1.82) is 0 Å². The first-order chi connectivity index (χ1) is 9.09. The number of halogens is 2. The van der Waals surface area contributed by atoms with Crippen LogP contribution < -0.4 is 5.32 Å². The van der Waals surface area contributed by atoms with Gasteiger partial charge in [0.2, 0.25) is 0 Å². The fourth-order valence-electron chi connectivity index (χ4n) is 1.47. The number of benzene rings is 1. The van der Waals surface area contributed by atoms with Crippen LogP contribution in [0.5, 0.6) is 0 Å². The first-order valence-corrected chi connectivity index (χ1v) is 7.48. The Morgan fingerprint density at radius 3 is 2.74 bits per heavy atom. The van der Waals surface area contributed by atoms with Gasteiger partial charge in [-0.15, -0.1) is 11.8 Å². The number of nitrogens with one attached hydrogen (secondary N) is 1. The smallest absolute Gasteiger partial charge is 0.139 e. The standard InChI is InChI=1S/C14H21F2NOS/c1-11(2)18-8-3-6-17-7-9-19-14-5-4-12(15)10-13(14)16/h4-5,10-11,17H,3,6-9H2,1-2H3. The number of hydrogen-bond acceptors (Lipinski definition) is 3. The summed E-state index contributed by atoms with van der Waals surface area (Å²) in [6.07, 6.45) is 1.24. The SMILES string of the molecule is CC(C)OCCCNCCSc1ccc(F)cc1F. The Bertz CT molecular complexity index is 374.